The second kappa shape index (κ2) is 12.5. The van der Waals surface area contributed by atoms with Crippen LogP contribution < -0.4 is 11.1 Å². The summed E-state index contributed by atoms with van der Waals surface area (Å²) in [6, 6.07) is 21.8. The zero-order valence-electron chi connectivity index (χ0n) is 20.6. The average molecular weight is 498 g/mol. The topological polar surface area (TPSA) is 123 Å². The minimum absolute atomic E-state index is 0.191. The van der Waals surface area contributed by atoms with Crippen molar-refractivity contribution >= 4 is 11.8 Å². The maximum atomic E-state index is 12.5. The largest absolute Gasteiger partial charge is 0.508 e. The molecule has 0 aliphatic carbocycles. The van der Waals surface area contributed by atoms with Crippen molar-refractivity contribution in [2.24, 2.45) is 5.73 Å². The first kappa shape index (κ1) is 25.6. The van der Waals surface area contributed by atoms with E-state index in [0.29, 0.717) is 25.8 Å². The van der Waals surface area contributed by atoms with Crippen LogP contribution in [0.25, 0.3) is 11.3 Å². The summed E-state index contributed by atoms with van der Waals surface area (Å²) in [5.41, 5.74) is 10.2. The number of aromatic hydroxyl groups is 1. The van der Waals surface area contributed by atoms with E-state index >= 15 is 0 Å². The molecule has 8 heteroatoms. The van der Waals surface area contributed by atoms with Crippen LogP contribution in [0.5, 0.6) is 5.75 Å². The molecule has 0 radical (unpaired) electrons. The number of phenols is 1. The molecule has 2 heterocycles. The van der Waals surface area contributed by atoms with E-state index in [2.05, 4.69) is 10.3 Å². The van der Waals surface area contributed by atoms with Crippen LogP contribution in [0.3, 0.4) is 0 Å². The number of nitrogens with two attached hydrogens (primary N) is 1. The van der Waals surface area contributed by atoms with Gasteiger partial charge in [-0.2, -0.15) is 5.10 Å². The van der Waals surface area contributed by atoms with Crippen LogP contribution in [-0.4, -0.2) is 37.7 Å². The Labute approximate surface area is 216 Å². The Hall–Kier alpha value is -4.46. The third-order valence-corrected chi connectivity index (χ3v) is 6.11. The first-order chi connectivity index (χ1) is 18.0. The lowest BCUT2D eigenvalue weighted by atomic mass is 10.0. The van der Waals surface area contributed by atoms with E-state index < -0.39 is 11.9 Å². The van der Waals surface area contributed by atoms with Crippen molar-refractivity contribution < 1.29 is 14.7 Å². The number of primary amides is 1. The number of phenolic OH excluding ortho intramolecular Hbond substituents is 1. The summed E-state index contributed by atoms with van der Waals surface area (Å²) in [5.74, 6) is -0.522. The molecule has 2 aromatic heterocycles. The molecular formula is C29H31N5O3. The van der Waals surface area contributed by atoms with Gasteiger partial charge in [0, 0.05) is 36.5 Å². The van der Waals surface area contributed by atoms with Crippen LogP contribution >= 0.6 is 0 Å². The van der Waals surface area contributed by atoms with Crippen molar-refractivity contribution in [1.82, 2.24) is 20.1 Å². The molecule has 0 fully saturated rings. The van der Waals surface area contributed by atoms with Crippen LogP contribution in [0.4, 0.5) is 0 Å². The van der Waals surface area contributed by atoms with Crippen molar-refractivity contribution in [3.05, 3.63) is 102 Å². The summed E-state index contributed by atoms with van der Waals surface area (Å²) in [6.07, 6.45) is 6.32. The molecule has 4 aromatic rings. The third kappa shape index (κ3) is 7.51. The highest BCUT2D eigenvalue weighted by atomic mass is 16.3. The molecule has 1 unspecified atom stereocenters. The van der Waals surface area contributed by atoms with Gasteiger partial charge in [-0.15, -0.1) is 0 Å². The lowest BCUT2D eigenvalue weighted by molar-refractivity contribution is -0.127. The Bertz CT molecular complexity index is 1320. The van der Waals surface area contributed by atoms with Gasteiger partial charge in [0.05, 0.1) is 12.2 Å². The molecular weight excluding hydrogens is 466 g/mol. The summed E-state index contributed by atoms with van der Waals surface area (Å²) in [7, 11) is 0. The lowest BCUT2D eigenvalue weighted by Gasteiger charge is -2.15. The van der Waals surface area contributed by atoms with E-state index in [1.165, 1.54) is 0 Å². The zero-order valence-corrected chi connectivity index (χ0v) is 20.6. The fourth-order valence-corrected chi connectivity index (χ4v) is 4.21. The maximum Gasteiger partial charge on any atom is 0.240 e. The number of benzene rings is 2. The summed E-state index contributed by atoms with van der Waals surface area (Å²) in [6.45, 7) is 0.518. The number of carbonyl (C=O) groups excluding carboxylic acids is 2. The van der Waals surface area contributed by atoms with E-state index in [-0.39, 0.29) is 11.7 Å². The number of hydrogen-bond donors (Lipinski definition) is 3. The minimum Gasteiger partial charge on any atom is -0.508 e. The summed E-state index contributed by atoms with van der Waals surface area (Å²) in [4.78, 5) is 28.6. The molecule has 4 rings (SSSR count). The number of unbranched alkanes of at least 4 members (excludes halogenated alkanes) is 1. The van der Waals surface area contributed by atoms with Crippen molar-refractivity contribution in [3.63, 3.8) is 0 Å². The van der Waals surface area contributed by atoms with Crippen LogP contribution in [-0.2, 0) is 29.0 Å². The number of hydrogen-bond acceptors (Lipinski definition) is 5. The van der Waals surface area contributed by atoms with Crippen molar-refractivity contribution in [1.29, 1.82) is 0 Å². The predicted molar refractivity (Wildman–Crippen MR) is 141 cm³/mol. The molecule has 0 spiro atoms. The molecule has 8 nitrogen and oxygen atoms in total. The summed E-state index contributed by atoms with van der Waals surface area (Å²) in [5, 5.41) is 17.4. The highest BCUT2D eigenvalue weighted by Crippen LogP contribution is 2.21. The number of pyridine rings is 1. The van der Waals surface area contributed by atoms with Crippen LogP contribution in [0.1, 0.15) is 36.1 Å². The maximum absolute atomic E-state index is 12.5. The van der Waals surface area contributed by atoms with Gasteiger partial charge in [-0.3, -0.25) is 19.3 Å². The van der Waals surface area contributed by atoms with E-state index in [4.69, 9.17) is 10.8 Å². The Kier molecular flexibility index (Phi) is 8.65. The van der Waals surface area contributed by atoms with Gasteiger partial charge >= 0.3 is 0 Å². The Morgan fingerprint density at radius 2 is 1.78 bits per heavy atom. The van der Waals surface area contributed by atoms with Gasteiger partial charge < -0.3 is 16.2 Å². The van der Waals surface area contributed by atoms with Gasteiger partial charge in [0.15, 0.2) is 0 Å². The highest BCUT2D eigenvalue weighted by molar-refractivity contribution is 5.86. The first-order valence-corrected chi connectivity index (χ1v) is 12.4. The standard InChI is InChI=1S/C29H31N5O3/c30-29(37)27(17-21-8-2-1-3-9-21)32-28(36)14-5-4-12-24-18-26(23-11-7-15-31-19-23)33-34(24)20-22-10-6-13-25(35)16-22/h1-3,6-11,13,15-16,18-19,27,35H,4-5,12,14,17,20H2,(H2,30,37)(H,32,36). The summed E-state index contributed by atoms with van der Waals surface area (Å²) >= 11 is 0. The monoisotopic (exact) mass is 497 g/mol. The molecule has 2 amide bonds. The van der Waals surface area contributed by atoms with Gasteiger partial charge in [0.1, 0.15) is 11.8 Å². The van der Waals surface area contributed by atoms with Gasteiger partial charge in [0.2, 0.25) is 11.8 Å². The Balaban J connectivity index is 1.36. The number of rotatable bonds is 12. The number of aromatic nitrogens is 3. The van der Waals surface area contributed by atoms with Gasteiger partial charge in [0.25, 0.3) is 0 Å². The van der Waals surface area contributed by atoms with Crippen LogP contribution in [0.15, 0.2) is 85.2 Å². The van der Waals surface area contributed by atoms with Gasteiger partial charge in [-0.25, -0.2) is 0 Å². The van der Waals surface area contributed by atoms with Gasteiger partial charge in [-0.05, 0) is 60.7 Å². The van der Waals surface area contributed by atoms with Crippen molar-refractivity contribution in [3.8, 4) is 17.0 Å². The molecule has 190 valence electrons. The number of nitrogens with zero attached hydrogens (tertiary/aromatic N) is 3. The number of aryl methyl sites for hydroxylation is 1. The minimum atomic E-state index is -0.735. The number of nitrogens with one attached hydrogen (secondary N) is 1. The first-order valence-electron chi connectivity index (χ1n) is 12.4. The number of carbonyl (C=O) groups is 2. The lowest BCUT2D eigenvalue weighted by Crippen LogP contribution is -2.45. The second-order valence-electron chi connectivity index (χ2n) is 9.01. The van der Waals surface area contributed by atoms with E-state index in [0.717, 1.165) is 40.9 Å². The zero-order chi connectivity index (χ0) is 26.0. The Morgan fingerprint density at radius 1 is 0.973 bits per heavy atom. The molecule has 0 aliphatic rings. The van der Waals surface area contributed by atoms with Crippen LogP contribution in [0.2, 0.25) is 0 Å². The van der Waals surface area contributed by atoms with Crippen LogP contribution in [0, 0.1) is 0 Å². The fourth-order valence-electron chi connectivity index (χ4n) is 4.21. The van der Waals surface area contributed by atoms with E-state index in [1.807, 2.05) is 65.3 Å². The molecule has 37 heavy (non-hydrogen) atoms. The molecule has 4 N–H and O–H groups in total. The smallest absolute Gasteiger partial charge is 0.240 e. The van der Waals surface area contributed by atoms with E-state index in [1.54, 1.807) is 24.5 Å². The summed E-state index contributed by atoms with van der Waals surface area (Å²) < 4.78 is 1.93. The average Bonchev–Trinajstić information content (AvgIpc) is 3.29. The van der Waals surface area contributed by atoms with E-state index in [9.17, 15) is 14.7 Å². The van der Waals surface area contributed by atoms with Gasteiger partial charge in [-0.1, -0.05) is 42.5 Å². The molecule has 0 saturated heterocycles. The SMILES string of the molecule is NC(=O)C(Cc1ccccc1)NC(=O)CCCCc1cc(-c2cccnc2)nn1Cc1cccc(O)c1. The Morgan fingerprint density at radius 3 is 2.51 bits per heavy atom. The molecule has 1 atom stereocenters. The highest BCUT2D eigenvalue weighted by Gasteiger charge is 2.18. The second-order valence-corrected chi connectivity index (χ2v) is 9.01. The number of amides is 2. The van der Waals surface area contributed by atoms with Crippen molar-refractivity contribution in [2.75, 3.05) is 0 Å². The van der Waals surface area contributed by atoms with Crippen molar-refractivity contribution in [2.45, 2.75) is 44.7 Å². The molecule has 0 saturated carbocycles. The predicted octanol–water partition coefficient (Wildman–Crippen LogP) is 3.62. The third-order valence-electron chi connectivity index (χ3n) is 6.11. The normalized spacial score (nSPS) is 11.7. The molecule has 2 aromatic carbocycles. The molecule has 0 bridgehead atoms. The molecule has 0 aliphatic heterocycles. The fraction of sp³-hybridized carbons (Fsp3) is 0.241. The quantitative estimate of drug-likeness (QED) is 0.258.